The van der Waals surface area contributed by atoms with Gasteiger partial charge in [-0.15, -0.1) is 11.3 Å². The summed E-state index contributed by atoms with van der Waals surface area (Å²) in [6, 6.07) is 7.40. The number of nitrogen functional groups attached to an aromatic ring is 1. The molecule has 6 heteroatoms. The van der Waals surface area contributed by atoms with Crippen LogP contribution < -0.4 is 16.6 Å². The number of hydrogen-bond acceptors (Lipinski definition) is 5. The Morgan fingerprint density at radius 2 is 2.28 bits per heavy atom. The number of pyridine rings is 1. The van der Waals surface area contributed by atoms with Gasteiger partial charge in [0.1, 0.15) is 5.82 Å². The van der Waals surface area contributed by atoms with Crippen LogP contribution in [0.15, 0.2) is 35.8 Å². The first kappa shape index (κ1) is 12.5. The van der Waals surface area contributed by atoms with E-state index in [1.165, 1.54) is 11.1 Å². The van der Waals surface area contributed by atoms with Gasteiger partial charge in [-0.1, -0.05) is 6.07 Å². The molecule has 2 aromatic heterocycles. The largest absolute Gasteiger partial charge is 0.352 e. The molecule has 0 saturated heterocycles. The molecule has 2 rings (SSSR count). The summed E-state index contributed by atoms with van der Waals surface area (Å²) in [5.41, 5.74) is 2.94. The molecule has 0 fully saturated rings. The van der Waals surface area contributed by atoms with Gasteiger partial charge in [-0.25, -0.2) is 10.8 Å². The predicted molar refractivity (Wildman–Crippen MR) is 72.4 cm³/mol. The Hall–Kier alpha value is -1.92. The Bertz CT molecular complexity index is 495. The van der Waals surface area contributed by atoms with Crippen LogP contribution >= 0.6 is 11.3 Å². The number of nitrogens with one attached hydrogen (secondary N) is 2. The molecule has 2 aromatic rings. The van der Waals surface area contributed by atoms with Gasteiger partial charge in [0, 0.05) is 17.6 Å². The number of thiophene rings is 1. The molecule has 0 atom stereocenters. The van der Waals surface area contributed by atoms with Crippen molar-refractivity contribution < 1.29 is 4.79 Å². The third kappa shape index (κ3) is 3.28. The van der Waals surface area contributed by atoms with Crippen LogP contribution in [0.2, 0.25) is 0 Å². The summed E-state index contributed by atoms with van der Waals surface area (Å²) in [6.45, 7) is 0.621. The molecule has 18 heavy (non-hydrogen) atoms. The summed E-state index contributed by atoms with van der Waals surface area (Å²) in [4.78, 5) is 17.0. The lowest BCUT2D eigenvalue weighted by Gasteiger charge is -2.04. The molecular weight excluding hydrogens is 248 g/mol. The first-order valence-corrected chi connectivity index (χ1v) is 6.41. The summed E-state index contributed by atoms with van der Waals surface area (Å²) in [5, 5.41) is 4.88. The van der Waals surface area contributed by atoms with E-state index in [1.807, 2.05) is 11.4 Å². The third-order valence-electron chi connectivity index (χ3n) is 2.41. The van der Waals surface area contributed by atoms with Crippen molar-refractivity contribution in [1.82, 2.24) is 10.3 Å². The van der Waals surface area contributed by atoms with Gasteiger partial charge in [0.05, 0.1) is 5.56 Å². The zero-order valence-electron chi connectivity index (χ0n) is 9.72. The smallest absolute Gasteiger partial charge is 0.252 e. The van der Waals surface area contributed by atoms with Crippen LogP contribution in [0, 0.1) is 0 Å². The van der Waals surface area contributed by atoms with Crippen molar-refractivity contribution in [2.75, 3.05) is 12.0 Å². The maximum Gasteiger partial charge on any atom is 0.252 e. The number of carbonyl (C=O) groups excluding carboxylic acids is 1. The van der Waals surface area contributed by atoms with Gasteiger partial charge < -0.3 is 10.7 Å². The molecule has 0 bridgehead atoms. The minimum absolute atomic E-state index is 0.123. The third-order valence-corrected chi connectivity index (χ3v) is 3.35. The summed E-state index contributed by atoms with van der Waals surface area (Å²) in [5.74, 6) is 5.61. The topological polar surface area (TPSA) is 80.0 Å². The van der Waals surface area contributed by atoms with Gasteiger partial charge in [-0.2, -0.15) is 0 Å². The van der Waals surface area contributed by atoms with Gasteiger partial charge in [0.25, 0.3) is 5.91 Å². The maximum absolute atomic E-state index is 11.8. The lowest BCUT2D eigenvalue weighted by molar-refractivity contribution is 0.0954. The van der Waals surface area contributed by atoms with Crippen LogP contribution in [0.1, 0.15) is 15.2 Å². The van der Waals surface area contributed by atoms with Crippen molar-refractivity contribution in [2.24, 2.45) is 5.84 Å². The van der Waals surface area contributed by atoms with Crippen molar-refractivity contribution in [3.8, 4) is 0 Å². The van der Waals surface area contributed by atoms with Crippen LogP contribution in [0.25, 0.3) is 0 Å². The van der Waals surface area contributed by atoms with E-state index in [0.29, 0.717) is 17.9 Å². The Balaban J connectivity index is 1.83. The monoisotopic (exact) mass is 262 g/mol. The molecule has 0 radical (unpaired) electrons. The summed E-state index contributed by atoms with van der Waals surface area (Å²) in [6.07, 6.45) is 2.34. The molecule has 0 aliphatic heterocycles. The van der Waals surface area contributed by atoms with E-state index in [2.05, 4.69) is 21.8 Å². The highest BCUT2D eigenvalue weighted by atomic mass is 32.1. The quantitative estimate of drug-likeness (QED) is 0.562. The van der Waals surface area contributed by atoms with Crippen molar-refractivity contribution in [3.05, 3.63) is 46.3 Å². The summed E-state index contributed by atoms with van der Waals surface area (Å²) < 4.78 is 0. The summed E-state index contributed by atoms with van der Waals surface area (Å²) in [7, 11) is 0. The number of nitrogens with zero attached hydrogens (tertiary/aromatic N) is 1. The minimum Gasteiger partial charge on any atom is -0.352 e. The molecule has 2 heterocycles. The first-order valence-electron chi connectivity index (χ1n) is 5.53. The Morgan fingerprint density at radius 1 is 1.39 bits per heavy atom. The highest BCUT2D eigenvalue weighted by Gasteiger charge is 2.05. The zero-order valence-corrected chi connectivity index (χ0v) is 10.5. The van der Waals surface area contributed by atoms with Crippen molar-refractivity contribution in [2.45, 2.75) is 6.42 Å². The molecule has 0 unspecified atom stereocenters. The van der Waals surface area contributed by atoms with Gasteiger partial charge in [0.15, 0.2) is 0 Å². The number of anilines is 1. The van der Waals surface area contributed by atoms with Gasteiger partial charge in [-0.3, -0.25) is 4.79 Å². The van der Waals surface area contributed by atoms with Crippen LogP contribution in [-0.2, 0) is 6.42 Å². The second-order valence-electron chi connectivity index (χ2n) is 3.66. The Morgan fingerprint density at radius 3 is 2.89 bits per heavy atom. The van der Waals surface area contributed by atoms with E-state index in [9.17, 15) is 4.79 Å². The zero-order chi connectivity index (χ0) is 12.8. The summed E-state index contributed by atoms with van der Waals surface area (Å²) >= 11 is 1.69. The highest BCUT2D eigenvalue weighted by molar-refractivity contribution is 7.09. The lowest BCUT2D eigenvalue weighted by atomic mass is 10.2. The average Bonchev–Trinajstić information content (AvgIpc) is 2.92. The van der Waals surface area contributed by atoms with E-state index < -0.39 is 0 Å². The number of carbonyl (C=O) groups is 1. The Labute approximate surface area is 109 Å². The van der Waals surface area contributed by atoms with Gasteiger partial charge >= 0.3 is 0 Å². The SMILES string of the molecule is NNc1ccc(C(=O)NCCc2cccs2)cn1. The molecule has 4 N–H and O–H groups in total. The van der Waals surface area contributed by atoms with Crippen molar-refractivity contribution in [3.63, 3.8) is 0 Å². The Kier molecular flexibility index (Phi) is 4.27. The van der Waals surface area contributed by atoms with E-state index >= 15 is 0 Å². The second-order valence-corrected chi connectivity index (χ2v) is 4.69. The highest BCUT2D eigenvalue weighted by Crippen LogP contribution is 2.08. The normalized spacial score (nSPS) is 10.1. The van der Waals surface area contributed by atoms with E-state index in [4.69, 9.17) is 5.84 Å². The molecule has 0 aliphatic carbocycles. The van der Waals surface area contributed by atoms with E-state index in [0.717, 1.165) is 6.42 Å². The average molecular weight is 262 g/mol. The van der Waals surface area contributed by atoms with Crippen LogP contribution in [-0.4, -0.2) is 17.4 Å². The molecule has 0 aliphatic rings. The van der Waals surface area contributed by atoms with Crippen molar-refractivity contribution in [1.29, 1.82) is 0 Å². The number of hydrazine groups is 1. The number of rotatable bonds is 5. The number of hydrogen-bond donors (Lipinski definition) is 3. The van der Waals surface area contributed by atoms with Gasteiger partial charge in [-0.05, 0) is 30.0 Å². The molecule has 1 amide bonds. The fraction of sp³-hybridized carbons (Fsp3) is 0.167. The van der Waals surface area contributed by atoms with E-state index in [1.54, 1.807) is 23.5 Å². The molecule has 0 spiro atoms. The predicted octanol–water partition coefficient (Wildman–Crippen LogP) is 1.40. The molecule has 0 aromatic carbocycles. The molecule has 0 saturated carbocycles. The molecule has 94 valence electrons. The van der Waals surface area contributed by atoms with Crippen molar-refractivity contribution >= 4 is 23.1 Å². The standard InChI is InChI=1S/C12H14N4OS/c13-16-11-4-3-9(8-15-11)12(17)14-6-5-10-2-1-7-18-10/h1-4,7-8H,5-6,13H2,(H,14,17)(H,15,16). The number of nitrogens with two attached hydrogens (primary N) is 1. The van der Waals surface area contributed by atoms with E-state index in [-0.39, 0.29) is 5.91 Å². The van der Waals surface area contributed by atoms with Crippen LogP contribution in [0.3, 0.4) is 0 Å². The number of amides is 1. The maximum atomic E-state index is 11.8. The number of aromatic nitrogens is 1. The van der Waals surface area contributed by atoms with Crippen LogP contribution in [0.4, 0.5) is 5.82 Å². The lowest BCUT2D eigenvalue weighted by Crippen LogP contribution is -2.25. The first-order chi connectivity index (χ1) is 8.79. The molecular formula is C12H14N4OS. The fourth-order valence-electron chi connectivity index (χ4n) is 1.47. The van der Waals surface area contributed by atoms with Gasteiger partial charge in [0.2, 0.25) is 0 Å². The molecule has 5 nitrogen and oxygen atoms in total. The second kappa shape index (κ2) is 6.13. The minimum atomic E-state index is -0.123. The fourth-order valence-corrected chi connectivity index (χ4v) is 2.18. The van der Waals surface area contributed by atoms with Crippen LogP contribution in [0.5, 0.6) is 0 Å².